The molecule has 10 heteroatoms. The molecule has 0 saturated carbocycles. The number of benzene rings is 1. The zero-order valence-electron chi connectivity index (χ0n) is 16.1. The van der Waals surface area contributed by atoms with Gasteiger partial charge in [-0.15, -0.1) is 12.4 Å². The molecular formula is C17H28ClN3O5S. The first kappa shape index (κ1) is 23.5. The van der Waals surface area contributed by atoms with Crippen LogP contribution in [0, 0.1) is 5.92 Å². The number of nitrogens with zero attached hydrogens (tertiary/aromatic N) is 2. The first-order valence-corrected chi connectivity index (χ1v) is 9.94. The van der Waals surface area contributed by atoms with Crippen molar-refractivity contribution in [1.82, 2.24) is 14.5 Å². The molecule has 0 aliphatic carbocycles. The minimum atomic E-state index is -3.74. The molecule has 1 amide bonds. The zero-order chi connectivity index (χ0) is 19.3. The Hall–Kier alpha value is -1.55. The summed E-state index contributed by atoms with van der Waals surface area (Å²) in [5, 5.41) is 2.99. The fourth-order valence-electron chi connectivity index (χ4n) is 2.98. The third kappa shape index (κ3) is 5.25. The first-order chi connectivity index (χ1) is 12.3. The Bertz CT molecular complexity index is 736. The second-order valence-corrected chi connectivity index (χ2v) is 8.11. The predicted octanol–water partition coefficient (Wildman–Crippen LogP) is 0.814. The van der Waals surface area contributed by atoms with Gasteiger partial charge >= 0.3 is 0 Å². The van der Waals surface area contributed by atoms with Gasteiger partial charge in [0, 0.05) is 44.7 Å². The van der Waals surface area contributed by atoms with Crippen LogP contribution >= 0.6 is 12.4 Å². The molecule has 0 spiro atoms. The molecule has 1 aliphatic heterocycles. The SMILES string of the molecule is CNCC(C)C(=O)N1CCN(S(=O)(=O)c2cc(OC)ccc2OC)CC1.Cl. The number of amides is 1. The number of carbonyl (C=O) groups excluding carboxylic acids is 1. The summed E-state index contributed by atoms with van der Waals surface area (Å²) in [7, 11) is 0.975. The average Bonchev–Trinajstić information content (AvgIpc) is 2.67. The molecule has 1 heterocycles. The summed E-state index contributed by atoms with van der Waals surface area (Å²) < 4.78 is 37.8. The molecule has 8 nitrogen and oxygen atoms in total. The van der Waals surface area contributed by atoms with Crippen molar-refractivity contribution in [2.75, 3.05) is 54.0 Å². The largest absolute Gasteiger partial charge is 0.497 e. The van der Waals surface area contributed by atoms with Crippen LogP contribution in [-0.2, 0) is 14.8 Å². The molecule has 27 heavy (non-hydrogen) atoms. The van der Waals surface area contributed by atoms with Crippen molar-refractivity contribution in [3.8, 4) is 11.5 Å². The first-order valence-electron chi connectivity index (χ1n) is 8.50. The lowest BCUT2D eigenvalue weighted by molar-refractivity contribution is -0.136. The molecule has 1 atom stereocenters. The smallest absolute Gasteiger partial charge is 0.247 e. The highest BCUT2D eigenvalue weighted by atomic mass is 35.5. The van der Waals surface area contributed by atoms with Gasteiger partial charge in [0.25, 0.3) is 0 Å². The van der Waals surface area contributed by atoms with E-state index in [2.05, 4.69) is 5.32 Å². The molecular weight excluding hydrogens is 394 g/mol. The van der Waals surface area contributed by atoms with Gasteiger partial charge in [-0.05, 0) is 19.2 Å². The lowest BCUT2D eigenvalue weighted by atomic mass is 10.1. The summed E-state index contributed by atoms with van der Waals surface area (Å²) in [5.41, 5.74) is 0. The summed E-state index contributed by atoms with van der Waals surface area (Å²) in [6, 6.07) is 4.68. The van der Waals surface area contributed by atoms with Gasteiger partial charge in [0.15, 0.2) is 0 Å². The number of rotatable bonds is 7. The summed E-state index contributed by atoms with van der Waals surface area (Å²) in [5.74, 6) is 0.614. The molecule has 154 valence electrons. The van der Waals surface area contributed by atoms with Gasteiger partial charge in [-0.25, -0.2) is 8.42 Å². The van der Waals surface area contributed by atoms with Crippen LogP contribution in [-0.4, -0.2) is 77.5 Å². The van der Waals surface area contributed by atoms with E-state index in [1.807, 2.05) is 6.92 Å². The van der Waals surface area contributed by atoms with Gasteiger partial charge in [-0.2, -0.15) is 4.31 Å². The molecule has 0 aromatic heterocycles. The van der Waals surface area contributed by atoms with Crippen molar-refractivity contribution in [3.05, 3.63) is 18.2 Å². The van der Waals surface area contributed by atoms with Gasteiger partial charge < -0.3 is 19.7 Å². The number of hydrogen-bond donors (Lipinski definition) is 1. The zero-order valence-corrected chi connectivity index (χ0v) is 17.7. The molecule has 0 radical (unpaired) electrons. The second-order valence-electron chi connectivity index (χ2n) is 6.20. The fourth-order valence-corrected chi connectivity index (χ4v) is 4.57. The molecule has 0 bridgehead atoms. The van der Waals surface area contributed by atoms with Crippen molar-refractivity contribution < 1.29 is 22.7 Å². The average molecular weight is 422 g/mol. The van der Waals surface area contributed by atoms with E-state index in [0.29, 0.717) is 25.4 Å². The number of piperazine rings is 1. The second kappa shape index (κ2) is 10.1. The molecule has 1 saturated heterocycles. The van der Waals surface area contributed by atoms with Crippen LogP contribution in [0.15, 0.2) is 23.1 Å². The van der Waals surface area contributed by atoms with Crippen LogP contribution in [0.2, 0.25) is 0 Å². The van der Waals surface area contributed by atoms with Crippen LogP contribution in [0.5, 0.6) is 11.5 Å². The van der Waals surface area contributed by atoms with Crippen LogP contribution in [0.4, 0.5) is 0 Å². The fraction of sp³-hybridized carbons (Fsp3) is 0.588. The maximum atomic E-state index is 13.0. The number of methoxy groups -OCH3 is 2. The Labute approximate surface area is 167 Å². The van der Waals surface area contributed by atoms with Crippen molar-refractivity contribution >= 4 is 28.3 Å². The van der Waals surface area contributed by atoms with E-state index in [4.69, 9.17) is 9.47 Å². The van der Waals surface area contributed by atoms with E-state index < -0.39 is 10.0 Å². The van der Waals surface area contributed by atoms with Crippen LogP contribution in [0.1, 0.15) is 6.92 Å². The van der Waals surface area contributed by atoms with Crippen LogP contribution < -0.4 is 14.8 Å². The summed E-state index contributed by atoms with van der Waals surface area (Å²) in [6.45, 7) is 3.71. The minimum absolute atomic E-state index is 0. The monoisotopic (exact) mass is 421 g/mol. The highest BCUT2D eigenvalue weighted by molar-refractivity contribution is 7.89. The molecule has 2 rings (SSSR count). The third-order valence-electron chi connectivity index (χ3n) is 4.47. The van der Waals surface area contributed by atoms with E-state index in [9.17, 15) is 13.2 Å². The summed E-state index contributed by atoms with van der Waals surface area (Å²) in [6.07, 6.45) is 0. The molecule has 1 aliphatic rings. The number of carbonyl (C=O) groups is 1. The van der Waals surface area contributed by atoms with Crippen LogP contribution in [0.3, 0.4) is 0 Å². The Morgan fingerprint density at radius 2 is 1.81 bits per heavy atom. The summed E-state index contributed by atoms with van der Waals surface area (Å²) in [4.78, 5) is 14.2. The highest BCUT2D eigenvalue weighted by Crippen LogP contribution is 2.31. The van der Waals surface area contributed by atoms with Gasteiger partial charge in [0.1, 0.15) is 16.4 Å². The number of halogens is 1. The van der Waals surface area contributed by atoms with E-state index in [1.165, 1.54) is 24.6 Å². The van der Waals surface area contributed by atoms with E-state index >= 15 is 0 Å². The normalized spacial score (nSPS) is 16.4. The maximum absolute atomic E-state index is 13.0. The minimum Gasteiger partial charge on any atom is -0.497 e. The van der Waals surface area contributed by atoms with Crippen molar-refractivity contribution in [2.24, 2.45) is 5.92 Å². The number of ether oxygens (including phenoxy) is 2. The van der Waals surface area contributed by atoms with E-state index in [1.54, 1.807) is 24.1 Å². The van der Waals surface area contributed by atoms with Crippen molar-refractivity contribution in [3.63, 3.8) is 0 Å². The van der Waals surface area contributed by atoms with Crippen molar-refractivity contribution in [1.29, 1.82) is 0 Å². The summed E-state index contributed by atoms with van der Waals surface area (Å²) >= 11 is 0. The highest BCUT2D eigenvalue weighted by Gasteiger charge is 2.33. The maximum Gasteiger partial charge on any atom is 0.247 e. The molecule has 1 aromatic rings. The Morgan fingerprint density at radius 1 is 1.19 bits per heavy atom. The van der Waals surface area contributed by atoms with Crippen molar-refractivity contribution in [2.45, 2.75) is 11.8 Å². The Balaban J connectivity index is 0.00000364. The molecule has 1 N–H and O–H groups in total. The number of hydrogen-bond acceptors (Lipinski definition) is 6. The topological polar surface area (TPSA) is 88.2 Å². The number of nitrogens with one attached hydrogen (secondary N) is 1. The molecule has 1 aromatic carbocycles. The molecule has 1 unspecified atom stereocenters. The van der Waals surface area contributed by atoms with Crippen LogP contribution in [0.25, 0.3) is 0 Å². The van der Waals surface area contributed by atoms with Gasteiger partial charge in [0.05, 0.1) is 14.2 Å². The lowest BCUT2D eigenvalue weighted by Crippen LogP contribution is -2.52. The van der Waals surface area contributed by atoms with Gasteiger partial charge in [-0.3, -0.25) is 4.79 Å². The van der Waals surface area contributed by atoms with E-state index in [-0.39, 0.29) is 48.0 Å². The number of sulfonamides is 1. The Kier molecular flexibility index (Phi) is 8.80. The van der Waals surface area contributed by atoms with E-state index in [0.717, 1.165) is 0 Å². The molecule has 1 fully saturated rings. The predicted molar refractivity (Wildman–Crippen MR) is 105 cm³/mol. The quantitative estimate of drug-likeness (QED) is 0.701. The third-order valence-corrected chi connectivity index (χ3v) is 6.39. The standard InChI is InChI=1S/C17H27N3O5S.ClH/c1-13(12-18-2)17(21)19-7-9-20(10-8-19)26(22,23)16-11-14(24-3)5-6-15(16)25-4;/h5-6,11,13,18H,7-10,12H2,1-4H3;1H. The Morgan fingerprint density at radius 3 is 2.33 bits per heavy atom. The lowest BCUT2D eigenvalue weighted by Gasteiger charge is -2.35. The van der Waals surface area contributed by atoms with Gasteiger partial charge in [-0.1, -0.05) is 6.92 Å². The van der Waals surface area contributed by atoms with Gasteiger partial charge in [0.2, 0.25) is 15.9 Å².